The molecule has 0 spiro atoms. The summed E-state index contributed by atoms with van der Waals surface area (Å²) in [7, 11) is 0. The number of halogens is 1. The van der Waals surface area contributed by atoms with Crippen LogP contribution in [0, 0.1) is 11.8 Å². The van der Waals surface area contributed by atoms with E-state index in [0.717, 1.165) is 36.0 Å². The number of nitrogens with zero attached hydrogens (tertiary/aromatic N) is 1. The average Bonchev–Trinajstić information content (AvgIpc) is 2.37. The molecule has 0 aliphatic heterocycles. The number of amides is 1. The zero-order valence-electron chi connectivity index (χ0n) is 13.0. The molecule has 0 saturated heterocycles. The second-order valence-electron chi connectivity index (χ2n) is 6.17. The van der Waals surface area contributed by atoms with Crippen molar-refractivity contribution in [1.29, 1.82) is 0 Å². The van der Waals surface area contributed by atoms with Gasteiger partial charge in [-0.05, 0) is 42.9 Å². The SMILES string of the molecule is CC(C)CCN(CCC(C)C)C(=O)c1cccc(Br)c1. The van der Waals surface area contributed by atoms with Crippen molar-refractivity contribution in [3.05, 3.63) is 34.3 Å². The van der Waals surface area contributed by atoms with Crippen LogP contribution in [0.4, 0.5) is 0 Å². The molecule has 0 fully saturated rings. The van der Waals surface area contributed by atoms with Crippen LogP contribution in [0.1, 0.15) is 50.9 Å². The summed E-state index contributed by atoms with van der Waals surface area (Å²) in [5, 5.41) is 0. The van der Waals surface area contributed by atoms with Gasteiger partial charge in [-0.15, -0.1) is 0 Å². The highest BCUT2D eigenvalue weighted by Crippen LogP contribution is 2.15. The highest BCUT2D eigenvalue weighted by atomic mass is 79.9. The Hall–Kier alpha value is -0.830. The molecule has 0 aromatic heterocycles. The van der Waals surface area contributed by atoms with Gasteiger partial charge >= 0.3 is 0 Å². The average molecular weight is 340 g/mol. The number of rotatable bonds is 7. The molecule has 3 heteroatoms. The van der Waals surface area contributed by atoms with E-state index in [4.69, 9.17) is 0 Å². The highest BCUT2D eigenvalue weighted by Gasteiger charge is 2.16. The molecule has 0 unspecified atom stereocenters. The molecule has 0 atom stereocenters. The van der Waals surface area contributed by atoms with Gasteiger partial charge in [0.1, 0.15) is 0 Å². The summed E-state index contributed by atoms with van der Waals surface area (Å²) >= 11 is 3.43. The van der Waals surface area contributed by atoms with Gasteiger partial charge in [-0.2, -0.15) is 0 Å². The van der Waals surface area contributed by atoms with Gasteiger partial charge in [0.05, 0.1) is 0 Å². The molecule has 0 heterocycles. The van der Waals surface area contributed by atoms with Crippen molar-refractivity contribution in [2.24, 2.45) is 11.8 Å². The van der Waals surface area contributed by atoms with Crippen molar-refractivity contribution in [1.82, 2.24) is 4.90 Å². The molecular formula is C17H26BrNO. The second kappa shape index (κ2) is 8.46. The summed E-state index contributed by atoms with van der Waals surface area (Å²) < 4.78 is 0.955. The summed E-state index contributed by atoms with van der Waals surface area (Å²) in [4.78, 5) is 14.6. The fourth-order valence-corrected chi connectivity index (χ4v) is 2.35. The largest absolute Gasteiger partial charge is 0.339 e. The summed E-state index contributed by atoms with van der Waals surface area (Å²) in [6.45, 7) is 10.5. The van der Waals surface area contributed by atoms with Crippen molar-refractivity contribution in [2.75, 3.05) is 13.1 Å². The number of carbonyl (C=O) groups is 1. The first kappa shape index (κ1) is 17.2. The Kier molecular flexibility index (Phi) is 7.28. The molecule has 2 nitrogen and oxygen atoms in total. The molecule has 1 amide bonds. The highest BCUT2D eigenvalue weighted by molar-refractivity contribution is 9.10. The number of carbonyl (C=O) groups excluding carboxylic acids is 1. The van der Waals surface area contributed by atoms with E-state index in [1.807, 2.05) is 29.2 Å². The van der Waals surface area contributed by atoms with Crippen LogP contribution in [-0.2, 0) is 0 Å². The fourth-order valence-electron chi connectivity index (χ4n) is 1.95. The lowest BCUT2D eigenvalue weighted by Crippen LogP contribution is -2.34. The van der Waals surface area contributed by atoms with Crippen LogP contribution < -0.4 is 0 Å². The first-order valence-electron chi connectivity index (χ1n) is 7.45. The molecule has 0 saturated carbocycles. The Morgan fingerprint density at radius 2 is 1.65 bits per heavy atom. The van der Waals surface area contributed by atoms with Gasteiger partial charge in [-0.3, -0.25) is 4.79 Å². The van der Waals surface area contributed by atoms with Gasteiger partial charge in [0.2, 0.25) is 0 Å². The Labute approximate surface area is 131 Å². The molecule has 20 heavy (non-hydrogen) atoms. The maximum atomic E-state index is 12.6. The first-order chi connectivity index (χ1) is 9.40. The van der Waals surface area contributed by atoms with Gasteiger partial charge in [-0.25, -0.2) is 0 Å². The second-order valence-corrected chi connectivity index (χ2v) is 7.08. The Morgan fingerprint density at radius 1 is 1.10 bits per heavy atom. The quantitative estimate of drug-likeness (QED) is 0.685. The zero-order valence-corrected chi connectivity index (χ0v) is 14.6. The summed E-state index contributed by atoms with van der Waals surface area (Å²) in [5.41, 5.74) is 0.770. The third-order valence-corrected chi connectivity index (χ3v) is 3.80. The van der Waals surface area contributed by atoms with Crippen molar-refractivity contribution in [2.45, 2.75) is 40.5 Å². The summed E-state index contributed by atoms with van der Waals surface area (Å²) in [6, 6.07) is 7.66. The van der Waals surface area contributed by atoms with Gasteiger partial charge in [0.15, 0.2) is 0 Å². The Balaban J connectivity index is 2.76. The van der Waals surface area contributed by atoms with E-state index in [-0.39, 0.29) is 5.91 Å². The van der Waals surface area contributed by atoms with Gasteiger partial charge in [0.25, 0.3) is 5.91 Å². The first-order valence-corrected chi connectivity index (χ1v) is 8.24. The third kappa shape index (κ3) is 6.08. The maximum Gasteiger partial charge on any atom is 0.253 e. The van der Waals surface area contributed by atoms with Crippen molar-refractivity contribution in [3.8, 4) is 0 Å². The van der Waals surface area contributed by atoms with Crippen LogP contribution in [-0.4, -0.2) is 23.9 Å². The molecule has 0 aliphatic carbocycles. The molecule has 112 valence electrons. The van der Waals surface area contributed by atoms with Crippen LogP contribution in [0.5, 0.6) is 0 Å². The standard InChI is InChI=1S/C17H26BrNO/c1-13(2)8-10-19(11-9-14(3)4)17(20)15-6-5-7-16(18)12-15/h5-7,12-14H,8-11H2,1-4H3. The number of hydrogen-bond acceptors (Lipinski definition) is 1. The number of benzene rings is 1. The van der Waals surface area contributed by atoms with E-state index >= 15 is 0 Å². The van der Waals surface area contributed by atoms with Crippen molar-refractivity contribution < 1.29 is 4.79 Å². The smallest absolute Gasteiger partial charge is 0.253 e. The Bertz CT molecular complexity index is 417. The van der Waals surface area contributed by atoms with E-state index in [1.54, 1.807) is 0 Å². The van der Waals surface area contributed by atoms with E-state index in [1.165, 1.54) is 0 Å². The molecule has 1 rings (SSSR count). The van der Waals surface area contributed by atoms with E-state index in [0.29, 0.717) is 11.8 Å². The van der Waals surface area contributed by atoms with Crippen LogP contribution in [0.3, 0.4) is 0 Å². The molecule has 1 aromatic rings. The molecule has 0 N–H and O–H groups in total. The monoisotopic (exact) mass is 339 g/mol. The predicted octanol–water partition coefficient (Wildman–Crippen LogP) is 4.98. The van der Waals surface area contributed by atoms with Crippen LogP contribution in [0.2, 0.25) is 0 Å². The van der Waals surface area contributed by atoms with Crippen LogP contribution >= 0.6 is 15.9 Å². The summed E-state index contributed by atoms with van der Waals surface area (Å²) in [6.07, 6.45) is 2.11. The Morgan fingerprint density at radius 3 is 2.10 bits per heavy atom. The molecule has 0 bridgehead atoms. The van der Waals surface area contributed by atoms with Crippen molar-refractivity contribution >= 4 is 21.8 Å². The minimum Gasteiger partial charge on any atom is -0.339 e. The van der Waals surface area contributed by atoms with Crippen LogP contribution in [0.25, 0.3) is 0 Å². The van der Waals surface area contributed by atoms with E-state index in [9.17, 15) is 4.79 Å². The minimum atomic E-state index is 0.146. The normalized spacial score (nSPS) is 11.2. The minimum absolute atomic E-state index is 0.146. The lowest BCUT2D eigenvalue weighted by molar-refractivity contribution is 0.0741. The fraction of sp³-hybridized carbons (Fsp3) is 0.588. The molecular weight excluding hydrogens is 314 g/mol. The van der Waals surface area contributed by atoms with E-state index < -0.39 is 0 Å². The topological polar surface area (TPSA) is 20.3 Å². The van der Waals surface area contributed by atoms with Gasteiger partial charge in [0, 0.05) is 23.1 Å². The lowest BCUT2D eigenvalue weighted by Gasteiger charge is -2.24. The third-order valence-electron chi connectivity index (χ3n) is 3.31. The zero-order chi connectivity index (χ0) is 15.1. The van der Waals surface area contributed by atoms with Crippen LogP contribution in [0.15, 0.2) is 28.7 Å². The molecule has 1 aromatic carbocycles. The molecule has 0 radical (unpaired) electrons. The van der Waals surface area contributed by atoms with Gasteiger partial charge < -0.3 is 4.90 Å². The predicted molar refractivity (Wildman–Crippen MR) is 89.0 cm³/mol. The maximum absolute atomic E-state index is 12.6. The summed E-state index contributed by atoms with van der Waals surface area (Å²) in [5.74, 6) is 1.38. The van der Waals surface area contributed by atoms with E-state index in [2.05, 4.69) is 43.6 Å². The van der Waals surface area contributed by atoms with Crippen molar-refractivity contribution in [3.63, 3.8) is 0 Å². The molecule has 0 aliphatic rings. The lowest BCUT2D eigenvalue weighted by atomic mass is 10.1. The number of hydrogen-bond donors (Lipinski definition) is 0. The van der Waals surface area contributed by atoms with Gasteiger partial charge in [-0.1, -0.05) is 49.7 Å².